The fourth-order valence-electron chi connectivity index (χ4n) is 7.89. The summed E-state index contributed by atoms with van der Waals surface area (Å²) in [5.74, 6) is 1.74. The molecule has 0 saturated heterocycles. The van der Waals surface area contributed by atoms with E-state index in [1.165, 1.54) is 6.42 Å². The van der Waals surface area contributed by atoms with Crippen molar-refractivity contribution in [3.05, 3.63) is 12.2 Å². The van der Waals surface area contributed by atoms with Crippen LogP contribution >= 0.6 is 0 Å². The van der Waals surface area contributed by atoms with Crippen molar-refractivity contribution < 1.29 is 10.2 Å². The van der Waals surface area contributed by atoms with Crippen LogP contribution in [0, 0.1) is 39.9 Å². The molecule has 4 fully saturated rings. The molecule has 0 aromatic heterocycles. The Morgan fingerprint density at radius 1 is 1.10 bits per heavy atom. The third kappa shape index (κ3) is 3.23. The minimum atomic E-state index is -0.594. The molecule has 4 aliphatic carbocycles. The fraction of sp³-hybridized carbons (Fsp3) is 0.826. The summed E-state index contributed by atoms with van der Waals surface area (Å²) < 4.78 is 0. The van der Waals surface area contributed by atoms with E-state index in [-0.39, 0.29) is 22.9 Å². The van der Waals surface area contributed by atoms with Gasteiger partial charge in [0.25, 0.3) is 0 Å². The van der Waals surface area contributed by atoms with Crippen LogP contribution in [0.4, 0.5) is 0 Å². The highest BCUT2D eigenvalue weighted by molar-refractivity contribution is 5.77. The first-order valence-corrected chi connectivity index (χ1v) is 11.4. The van der Waals surface area contributed by atoms with E-state index < -0.39 is 5.60 Å². The molecule has 0 spiro atoms. The van der Waals surface area contributed by atoms with E-state index in [1.807, 2.05) is 6.08 Å². The number of rotatable bonds is 3. The molecule has 4 aliphatic rings. The van der Waals surface area contributed by atoms with Crippen LogP contribution in [0.2, 0.25) is 0 Å². The highest BCUT2D eigenvalue weighted by Crippen LogP contribution is 2.69. The first-order chi connectivity index (χ1) is 13.7. The fourth-order valence-corrected chi connectivity index (χ4v) is 7.89. The number of hydrogen-bond acceptors (Lipinski definition) is 4. The van der Waals surface area contributed by atoms with Crippen molar-refractivity contribution in [3.63, 3.8) is 0 Å². The number of hydrazone groups is 1. The van der Waals surface area contributed by atoms with Gasteiger partial charge in [-0.25, -0.2) is 5.43 Å². The highest BCUT2D eigenvalue weighted by Gasteiger charge is 2.66. The zero-order valence-electron chi connectivity index (χ0n) is 17.9. The number of aliphatic hydroxyl groups excluding tert-OH is 1. The van der Waals surface area contributed by atoms with E-state index >= 15 is 0 Å². The maximum absolute atomic E-state index is 12.1. The standard InChI is InChI=1S/C23H38N4O2/c1-21-10-8-17(28)14-16(21)5-6-19-18(21)9-11-22(2)15(7-12-23(19,22)29)4-3-13-26-27-20(24)25/h3-4,13,15-19,28-29H,5-12,14H2,1-2H3,(H4,24,25,27)/b4-3-,26-13-/t15-,16+,17-,18-,19+,21-,22+,23-/m0/s1. The van der Waals surface area contributed by atoms with Crippen LogP contribution in [0.15, 0.2) is 17.3 Å². The zero-order chi connectivity index (χ0) is 20.9. The molecule has 0 heterocycles. The molecular weight excluding hydrogens is 364 g/mol. The van der Waals surface area contributed by atoms with Gasteiger partial charge in [0, 0.05) is 11.6 Å². The third-order valence-corrected chi connectivity index (χ3v) is 9.59. The molecule has 6 nitrogen and oxygen atoms in total. The highest BCUT2D eigenvalue weighted by atomic mass is 16.3. The molecule has 8 atom stereocenters. The van der Waals surface area contributed by atoms with Crippen molar-refractivity contribution in [2.75, 3.05) is 0 Å². The van der Waals surface area contributed by atoms with Gasteiger partial charge in [-0.15, -0.1) is 0 Å². The number of guanidine groups is 1. The number of nitrogens with one attached hydrogen (secondary N) is 2. The Balaban J connectivity index is 1.53. The summed E-state index contributed by atoms with van der Waals surface area (Å²) in [5.41, 5.74) is 7.25. The van der Waals surface area contributed by atoms with Gasteiger partial charge in [0.1, 0.15) is 0 Å². The number of nitrogens with zero attached hydrogens (tertiary/aromatic N) is 1. The van der Waals surface area contributed by atoms with Crippen LogP contribution in [-0.2, 0) is 0 Å². The molecule has 29 heavy (non-hydrogen) atoms. The maximum atomic E-state index is 12.1. The molecule has 0 aromatic carbocycles. The van der Waals surface area contributed by atoms with Gasteiger partial charge >= 0.3 is 0 Å². The molecule has 0 radical (unpaired) electrons. The van der Waals surface area contributed by atoms with Crippen LogP contribution in [-0.4, -0.2) is 34.1 Å². The molecule has 0 bridgehead atoms. The first kappa shape index (κ1) is 20.9. The van der Waals surface area contributed by atoms with E-state index in [0.717, 1.165) is 51.4 Å². The van der Waals surface area contributed by atoms with Crippen molar-refractivity contribution in [1.82, 2.24) is 5.43 Å². The lowest BCUT2D eigenvalue weighted by Crippen LogP contribution is -2.62. The van der Waals surface area contributed by atoms with E-state index in [1.54, 1.807) is 6.21 Å². The topological polar surface area (TPSA) is 115 Å². The third-order valence-electron chi connectivity index (χ3n) is 9.59. The van der Waals surface area contributed by atoms with Gasteiger partial charge < -0.3 is 15.9 Å². The van der Waals surface area contributed by atoms with Gasteiger partial charge in [-0.05, 0) is 93.0 Å². The Labute approximate surface area is 174 Å². The molecule has 4 rings (SSSR count). The van der Waals surface area contributed by atoms with E-state index in [4.69, 9.17) is 11.1 Å². The van der Waals surface area contributed by atoms with Gasteiger partial charge in [-0.2, -0.15) is 5.10 Å². The second-order valence-electron chi connectivity index (χ2n) is 10.6. The largest absolute Gasteiger partial charge is 0.393 e. The molecular formula is C23H38N4O2. The summed E-state index contributed by atoms with van der Waals surface area (Å²) in [6.45, 7) is 4.76. The van der Waals surface area contributed by atoms with Crippen molar-refractivity contribution in [2.45, 2.75) is 83.3 Å². The average Bonchev–Trinajstić information content (AvgIpc) is 2.93. The quantitative estimate of drug-likeness (QED) is 0.283. The molecule has 0 unspecified atom stereocenters. The number of aliphatic hydroxyl groups is 2. The van der Waals surface area contributed by atoms with Crippen LogP contribution in [0.1, 0.15) is 71.6 Å². The van der Waals surface area contributed by atoms with Gasteiger partial charge in [0.2, 0.25) is 5.96 Å². The van der Waals surface area contributed by atoms with Gasteiger partial charge in [0.15, 0.2) is 0 Å². The SMILES string of the molecule is C[C@]12CC[C@H](O)C[C@H]1CC[C@@H]1[C@@H]2CC[C@]2(C)[C@@H](/C=C\C=N/NC(=N)N)CC[C@]12O. The maximum Gasteiger partial charge on any atom is 0.206 e. The van der Waals surface area contributed by atoms with Gasteiger partial charge in [-0.3, -0.25) is 5.41 Å². The average molecular weight is 403 g/mol. The lowest BCUT2D eigenvalue weighted by Gasteiger charge is -2.63. The van der Waals surface area contributed by atoms with Crippen LogP contribution in [0.3, 0.4) is 0 Å². The lowest BCUT2D eigenvalue weighted by atomic mass is 9.43. The molecule has 0 amide bonds. The van der Waals surface area contributed by atoms with Crippen LogP contribution in [0.25, 0.3) is 0 Å². The van der Waals surface area contributed by atoms with E-state index in [9.17, 15) is 10.2 Å². The van der Waals surface area contributed by atoms with Crippen LogP contribution in [0.5, 0.6) is 0 Å². The summed E-state index contributed by atoms with van der Waals surface area (Å²) in [4.78, 5) is 0. The monoisotopic (exact) mass is 402 g/mol. The zero-order valence-corrected chi connectivity index (χ0v) is 17.9. The Morgan fingerprint density at radius 3 is 2.66 bits per heavy atom. The lowest BCUT2D eigenvalue weighted by molar-refractivity contribution is -0.207. The summed E-state index contributed by atoms with van der Waals surface area (Å²) in [6, 6.07) is 0. The predicted molar refractivity (Wildman–Crippen MR) is 115 cm³/mol. The molecule has 0 aliphatic heterocycles. The second-order valence-corrected chi connectivity index (χ2v) is 10.6. The van der Waals surface area contributed by atoms with Crippen molar-refractivity contribution in [1.29, 1.82) is 5.41 Å². The number of hydrogen-bond donors (Lipinski definition) is 5. The van der Waals surface area contributed by atoms with E-state index in [2.05, 4.69) is 30.5 Å². The molecule has 162 valence electrons. The normalized spacial score (nSPS) is 49.6. The molecule has 4 saturated carbocycles. The van der Waals surface area contributed by atoms with Gasteiger partial charge in [0.05, 0.1) is 11.7 Å². The summed E-state index contributed by atoms with van der Waals surface area (Å²) in [7, 11) is 0. The van der Waals surface area contributed by atoms with Crippen molar-refractivity contribution in [3.8, 4) is 0 Å². The Hall–Kier alpha value is -1.40. The smallest absolute Gasteiger partial charge is 0.206 e. The molecule has 6 N–H and O–H groups in total. The van der Waals surface area contributed by atoms with Crippen LogP contribution < -0.4 is 11.2 Å². The van der Waals surface area contributed by atoms with Gasteiger partial charge in [-0.1, -0.05) is 19.9 Å². The Bertz CT molecular complexity index is 709. The van der Waals surface area contributed by atoms with E-state index in [0.29, 0.717) is 23.7 Å². The first-order valence-electron chi connectivity index (χ1n) is 11.4. The number of allylic oxidation sites excluding steroid dienone is 2. The summed E-state index contributed by atoms with van der Waals surface area (Å²) in [5, 5.41) is 33.3. The predicted octanol–water partition coefficient (Wildman–Crippen LogP) is 3.15. The summed E-state index contributed by atoms with van der Waals surface area (Å²) >= 11 is 0. The number of fused-ring (bicyclic) bond motifs is 5. The Kier molecular flexibility index (Phi) is 5.31. The molecule has 6 heteroatoms. The minimum Gasteiger partial charge on any atom is -0.393 e. The Morgan fingerprint density at radius 2 is 1.90 bits per heavy atom. The van der Waals surface area contributed by atoms with Crippen molar-refractivity contribution >= 4 is 12.2 Å². The molecule has 0 aromatic rings. The van der Waals surface area contributed by atoms with Crippen molar-refractivity contribution in [2.24, 2.45) is 45.3 Å². The minimum absolute atomic E-state index is 0.0934. The summed E-state index contributed by atoms with van der Waals surface area (Å²) in [6.07, 6.45) is 15.0. The number of nitrogens with two attached hydrogens (primary N) is 1. The second kappa shape index (κ2) is 7.38.